The van der Waals surface area contributed by atoms with Crippen LogP contribution in [0.1, 0.15) is 32.6 Å². The van der Waals surface area contributed by atoms with Crippen molar-refractivity contribution in [2.75, 3.05) is 0 Å². The second kappa shape index (κ2) is 3.60. The molecule has 1 aliphatic rings. The molecule has 0 fully saturated rings. The molecule has 0 aliphatic heterocycles. The van der Waals surface area contributed by atoms with Gasteiger partial charge in [0.1, 0.15) is 0 Å². The van der Waals surface area contributed by atoms with Crippen molar-refractivity contribution in [2.45, 2.75) is 32.6 Å². The molecule has 0 spiro atoms. The van der Waals surface area contributed by atoms with E-state index in [0.29, 0.717) is 5.92 Å². The molecule has 0 aromatic carbocycles. The highest BCUT2D eigenvalue weighted by molar-refractivity contribution is 5.12. The molecule has 10 heavy (non-hydrogen) atoms. The van der Waals surface area contributed by atoms with Crippen LogP contribution in [0.15, 0.2) is 24.3 Å². The Morgan fingerprint density at radius 2 is 2.40 bits per heavy atom. The Hall–Kier alpha value is -0.520. The monoisotopic (exact) mass is 136 g/mol. The molecule has 0 aromatic heterocycles. The lowest BCUT2D eigenvalue weighted by Crippen LogP contribution is -1.99. The van der Waals surface area contributed by atoms with Gasteiger partial charge in [-0.15, -0.1) is 6.58 Å². The van der Waals surface area contributed by atoms with Gasteiger partial charge >= 0.3 is 0 Å². The summed E-state index contributed by atoms with van der Waals surface area (Å²) in [6.45, 7) is 6.02. The summed E-state index contributed by atoms with van der Waals surface area (Å²) in [5, 5.41) is 0. The van der Waals surface area contributed by atoms with Crippen LogP contribution in [-0.4, -0.2) is 0 Å². The van der Waals surface area contributed by atoms with Crippen molar-refractivity contribution in [1.82, 2.24) is 0 Å². The summed E-state index contributed by atoms with van der Waals surface area (Å²) in [5.41, 5.74) is 1.60. The third-order valence-corrected chi connectivity index (χ3v) is 2.26. The van der Waals surface area contributed by atoms with Crippen LogP contribution >= 0.6 is 0 Å². The van der Waals surface area contributed by atoms with Crippen LogP contribution in [0.4, 0.5) is 0 Å². The van der Waals surface area contributed by atoms with Crippen LogP contribution < -0.4 is 0 Å². The minimum absolute atomic E-state index is 0.611. The zero-order valence-electron chi connectivity index (χ0n) is 6.77. The van der Waals surface area contributed by atoms with Crippen molar-refractivity contribution in [3.63, 3.8) is 0 Å². The molecule has 0 heteroatoms. The van der Waals surface area contributed by atoms with Gasteiger partial charge in [0, 0.05) is 0 Å². The topological polar surface area (TPSA) is 0 Å². The third-order valence-electron chi connectivity index (χ3n) is 2.26. The molecule has 0 nitrogen and oxygen atoms in total. The highest BCUT2D eigenvalue weighted by Crippen LogP contribution is 2.24. The molecule has 0 saturated heterocycles. The number of hydrogen-bond acceptors (Lipinski definition) is 0. The standard InChI is InChI=1S/C10H16/c1-3-9(2)10-7-5-4-6-8-10/h3,7,9H,1,4-6,8H2,2H3. The lowest BCUT2D eigenvalue weighted by atomic mass is 9.90. The highest BCUT2D eigenvalue weighted by atomic mass is 14.1. The molecule has 0 amide bonds. The quantitative estimate of drug-likeness (QED) is 0.511. The van der Waals surface area contributed by atoms with Crippen molar-refractivity contribution >= 4 is 0 Å². The van der Waals surface area contributed by atoms with Crippen molar-refractivity contribution in [3.8, 4) is 0 Å². The Morgan fingerprint density at radius 1 is 1.60 bits per heavy atom. The molecule has 0 aromatic rings. The SMILES string of the molecule is C=CC(C)C1=CCCCC1. The van der Waals surface area contributed by atoms with E-state index >= 15 is 0 Å². The molecule has 0 heterocycles. The van der Waals surface area contributed by atoms with Gasteiger partial charge in [0.15, 0.2) is 0 Å². The van der Waals surface area contributed by atoms with Crippen molar-refractivity contribution in [2.24, 2.45) is 5.92 Å². The Morgan fingerprint density at radius 3 is 2.90 bits per heavy atom. The summed E-state index contributed by atoms with van der Waals surface area (Å²) in [5.74, 6) is 0.611. The first-order chi connectivity index (χ1) is 4.84. The Bertz CT molecular complexity index is 142. The van der Waals surface area contributed by atoms with E-state index in [1.807, 2.05) is 6.08 Å². The van der Waals surface area contributed by atoms with Crippen molar-refractivity contribution < 1.29 is 0 Å². The van der Waals surface area contributed by atoms with Gasteiger partial charge in [-0.1, -0.05) is 24.6 Å². The summed E-state index contributed by atoms with van der Waals surface area (Å²) >= 11 is 0. The molecular weight excluding hydrogens is 120 g/mol. The highest BCUT2D eigenvalue weighted by Gasteiger charge is 2.07. The number of rotatable bonds is 2. The van der Waals surface area contributed by atoms with E-state index in [1.165, 1.54) is 25.7 Å². The fraction of sp³-hybridized carbons (Fsp3) is 0.600. The first-order valence-electron chi connectivity index (χ1n) is 4.16. The summed E-state index contributed by atoms with van der Waals surface area (Å²) in [7, 11) is 0. The molecule has 0 N–H and O–H groups in total. The van der Waals surface area contributed by atoms with Gasteiger partial charge in [0.25, 0.3) is 0 Å². The molecule has 1 atom stereocenters. The molecule has 1 aliphatic carbocycles. The fourth-order valence-corrected chi connectivity index (χ4v) is 1.43. The Kier molecular flexibility index (Phi) is 2.73. The Balaban J connectivity index is 2.52. The number of hydrogen-bond donors (Lipinski definition) is 0. The maximum atomic E-state index is 3.79. The van der Waals surface area contributed by atoms with Gasteiger partial charge in [-0.05, 0) is 31.6 Å². The largest absolute Gasteiger partial charge is 0.102 e. The van der Waals surface area contributed by atoms with Gasteiger partial charge in [-0.25, -0.2) is 0 Å². The molecule has 56 valence electrons. The van der Waals surface area contributed by atoms with Crippen LogP contribution in [0.3, 0.4) is 0 Å². The minimum Gasteiger partial charge on any atom is -0.102 e. The third kappa shape index (κ3) is 1.73. The van der Waals surface area contributed by atoms with E-state index in [0.717, 1.165) is 0 Å². The van der Waals surface area contributed by atoms with E-state index in [9.17, 15) is 0 Å². The number of allylic oxidation sites excluding steroid dienone is 3. The zero-order chi connectivity index (χ0) is 7.40. The van der Waals surface area contributed by atoms with E-state index < -0.39 is 0 Å². The van der Waals surface area contributed by atoms with Crippen molar-refractivity contribution in [1.29, 1.82) is 0 Å². The molecule has 0 radical (unpaired) electrons. The zero-order valence-corrected chi connectivity index (χ0v) is 6.77. The summed E-state index contributed by atoms with van der Waals surface area (Å²) in [6.07, 6.45) is 9.77. The van der Waals surface area contributed by atoms with Crippen LogP contribution in [-0.2, 0) is 0 Å². The van der Waals surface area contributed by atoms with Gasteiger partial charge in [-0.2, -0.15) is 0 Å². The normalized spacial score (nSPS) is 21.5. The maximum absolute atomic E-state index is 3.79. The first-order valence-corrected chi connectivity index (χ1v) is 4.16. The Labute approximate surface area is 63.6 Å². The maximum Gasteiger partial charge on any atom is -0.00543 e. The summed E-state index contributed by atoms with van der Waals surface area (Å²) < 4.78 is 0. The van der Waals surface area contributed by atoms with E-state index in [2.05, 4.69) is 19.6 Å². The van der Waals surface area contributed by atoms with E-state index in [1.54, 1.807) is 5.57 Å². The second-order valence-electron chi connectivity index (χ2n) is 3.05. The molecule has 0 saturated carbocycles. The van der Waals surface area contributed by atoms with Crippen molar-refractivity contribution in [3.05, 3.63) is 24.3 Å². The predicted molar refractivity (Wildman–Crippen MR) is 45.9 cm³/mol. The lowest BCUT2D eigenvalue weighted by molar-refractivity contribution is 0.647. The van der Waals surface area contributed by atoms with Gasteiger partial charge in [-0.3, -0.25) is 0 Å². The van der Waals surface area contributed by atoms with Crippen LogP contribution in [0, 0.1) is 5.92 Å². The molecule has 1 unspecified atom stereocenters. The first kappa shape index (κ1) is 7.59. The van der Waals surface area contributed by atoms with Crippen LogP contribution in [0.25, 0.3) is 0 Å². The average Bonchev–Trinajstić information content (AvgIpc) is 2.05. The summed E-state index contributed by atoms with van der Waals surface area (Å²) in [6, 6.07) is 0. The predicted octanol–water partition coefficient (Wildman–Crippen LogP) is 3.31. The van der Waals surface area contributed by atoms with Crippen LogP contribution in [0.2, 0.25) is 0 Å². The molecular formula is C10H16. The van der Waals surface area contributed by atoms with Gasteiger partial charge in [0.2, 0.25) is 0 Å². The van der Waals surface area contributed by atoms with E-state index in [-0.39, 0.29) is 0 Å². The fourth-order valence-electron chi connectivity index (χ4n) is 1.43. The molecule has 0 bridgehead atoms. The summed E-state index contributed by atoms with van der Waals surface area (Å²) in [4.78, 5) is 0. The van der Waals surface area contributed by atoms with Gasteiger partial charge < -0.3 is 0 Å². The van der Waals surface area contributed by atoms with Crippen LogP contribution in [0.5, 0.6) is 0 Å². The molecule has 1 rings (SSSR count). The average molecular weight is 136 g/mol. The minimum atomic E-state index is 0.611. The van der Waals surface area contributed by atoms with E-state index in [4.69, 9.17) is 0 Å². The van der Waals surface area contributed by atoms with Gasteiger partial charge in [0.05, 0.1) is 0 Å². The second-order valence-corrected chi connectivity index (χ2v) is 3.05. The lowest BCUT2D eigenvalue weighted by Gasteiger charge is -2.15. The smallest absolute Gasteiger partial charge is 0.00543 e.